The number of rotatable bonds is 3. The average Bonchev–Trinajstić information content (AvgIpc) is 3.13. The van der Waals surface area contributed by atoms with Crippen molar-refractivity contribution in [1.82, 2.24) is 5.32 Å². The molecule has 0 aromatic heterocycles. The van der Waals surface area contributed by atoms with Gasteiger partial charge in [0.05, 0.1) is 7.11 Å². The Morgan fingerprint density at radius 2 is 1.55 bits per heavy atom. The minimum absolute atomic E-state index is 0.0164. The van der Waals surface area contributed by atoms with Crippen molar-refractivity contribution in [2.75, 3.05) is 7.11 Å². The first-order valence-electron chi connectivity index (χ1n) is 8.54. The van der Waals surface area contributed by atoms with E-state index in [0.29, 0.717) is 11.5 Å². The number of carbonyl (C=O) groups is 1. The van der Waals surface area contributed by atoms with Crippen molar-refractivity contribution in [2.45, 2.75) is 88.6 Å². The predicted octanol–water partition coefficient (Wildman–Crippen LogP) is 3.56. The van der Waals surface area contributed by atoms with Gasteiger partial charge in [0, 0.05) is 6.04 Å². The maximum atomic E-state index is 12.4. The fraction of sp³-hybridized carbons (Fsp3) is 0.941. The number of hydrogen-bond donors (Lipinski definition) is 1. The van der Waals surface area contributed by atoms with Gasteiger partial charge < -0.3 is 4.74 Å². The Morgan fingerprint density at radius 3 is 2.10 bits per heavy atom. The van der Waals surface area contributed by atoms with Crippen LogP contribution in [0, 0.1) is 5.41 Å². The van der Waals surface area contributed by atoms with Crippen LogP contribution in [0.15, 0.2) is 0 Å². The van der Waals surface area contributed by atoms with Crippen LogP contribution in [0.3, 0.4) is 0 Å². The first-order chi connectivity index (χ1) is 9.68. The minimum atomic E-state index is -0.377. The van der Waals surface area contributed by atoms with Gasteiger partial charge >= 0.3 is 5.97 Å². The minimum Gasteiger partial charge on any atom is -0.468 e. The number of hydrogen-bond acceptors (Lipinski definition) is 3. The fourth-order valence-corrected chi connectivity index (χ4v) is 4.90. The zero-order valence-electron chi connectivity index (χ0n) is 12.9. The molecular weight excluding hydrogens is 250 g/mol. The first kappa shape index (κ1) is 14.4. The highest BCUT2D eigenvalue weighted by atomic mass is 16.5. The van der Waals surface area contributed by atoms with Crippen LogP contribution in [-0.2, 0) is 9.53 Å². The molecule has 3 heteroatoms. The predicted molar refractivity (Wildman–Crippen MR) is 79.5 cm³/mol. The zero-order chi connectivity index (χ0) is 14.1. The summed E-state index contributed by atoms with van der Waals surface area (Å²) in [5.74, 6) is -0.0164. The van der Waals surface area contributed by atoms with Crippen LogP contribution in [-0.4, -0.2) is 24.7 Å². The van der Waals surface area contributed by atoms with Crippen LogP contribution in [0.4, 0.5) is 0 Å². The van der Waals surface area contributed by atoms with Crippen molar-refractivity contribution in [1.29, 1.82) is 0 Å². The Morgan fingerprint density at radius 1 is 0.950 bits per heavy atom. The van der Waals surface area contributed by atoms with Crippen LogP contribution in [0.2, 0.25) is 0 Å². The van der Waals surface area contributed by atoms with E-state index in [1.54, 1.807) is 7.11 Å². The van der Waals surface area contributed by atoms with Gasteiger partial charge in [0.25, 0.3) is 0 Å². The summed E-state index contributed by atoms with van der Waals surface area (Å²) in [5, 5.41) is 3.71. The first-order valence-corrected chi connectivity index (χ1v) is 8.54. The second-order valence-corrected chi connectivity index (χ2v) is 7.41. The van der Waals surface area contributed by atoms with Crippen LogP contribution >= 0.6 is 0 Å². The molecule has 1 spiro atoms. The molecule has 3 rings (SSSR count). The smallest absolute Gasteiger partial charge is 0.326 e. The van der Waals surface area contributed by atoms with E-state index in [9.17, 15) is 4.79 Å². The Balaban J connectivity index is 1.69. The molecule has 3 saturated carbocycles. The topological polar surface area (TPSA) is 38.3 Å². The molecule has 0 amide bonds. The molecule has 0 atom stereocenters. The van der Waals surface area contributed by atoms with Gasteiger partial charge in [0.2, 0.25) is 0 Å². The van der Waals surface area contributed by atoms with Gasteiger partial charge in [-0.25, -0.2) is 0 Å². The van der Waals surface area contributed by atoms with Gasteiger partial charge in [-0.05, 0) is 56.8 Å². The molecule has 0 aliphatic heterocycles. The monoisotopic (exact) mass is 279 g/mol. The third kappa shape index (κ3) is 2.61. The molecule has 0 aromatic rings. The van der Waals surface area contributed by atoms with Gasteiger partial charge in [-0.1, -0.05) is 25.7 Å². The molecular formula is C17H29NO2. The third-order valence-electron chi connectivity index (χ3n) is 6.24. The maximum absolute atomic E-state index is 12.4. The highest BCUT2D eigenvalue weighted by Crippen LogP contribution is 2.51. The van der Waals surface area contributed by atoms with Gasteiger partial charge in [-0.15, -0.1) is 0 Å². The fourth-order valence-electron chi connectivity index (χ4n) is 4.90. The van der Waals surface area contributed by atoms with Crippen molar-refractivity contribution >= 4 is 5.97 Å². The summed E-state index contributed by atoms with van der Waals surface area (Å²) in [6, 6.07) is 0.534. The van der Waals surface area contributed by atoms with E-state index in [1.165, 1.54) is 64.2 Å². The lowest BCUT2D eigenvalue weighted by molar-refractivity contribution is -0.152. The SMILES string of the molecule is COC(=O)C1(NC2CCCC2)CCC2(CCCC2)CC1. The van der Waals surface area contributed by atoms with E-state index in [2.05, 4.69) is 5.32 Å². The maximum Gasteiger partial charge on any atom is 0.326 e. The number of methoxy groups -OCH3 is 1. The summed E-state index contributed by atoms with van der Waals surface area (Å²) in [6.45, 7) is 0. The van der Waals surface area contributed by atoms with E-state index in [0.717, 1.165) is 12.8 Å². The molecule has 0 bridgehead atoms. The van der Waals surface area contributed by atoms with Gasteiger partial charge in [0.1, 0.15) is 5.54 Å². The number of ether oxygens (including phenoxy) is 1. The molecule has 0 heterocycles. The molecule has 0 saturated heterocycles. The van der Waals surface area contributed by atoms with Gasteiger partial charge in [0.15, 0.2) is 0 Å². The van der Waals surface area contributed by atoms with Crippen LogP contribution in [0.5, 0.6) is 0 Å². The normalized spacial score (nSPS) is 28.9. The third-order valence-corrected chi connectivity index (χ3v) is 6.24. The molecule has 3 nitrogen and oxygen atoms in total. The van der Waals surface area contributed by atoms with E-state index >= 15 is 0 Å². The summed E-state index contributed by atoms with van der Waals surface area (Å²) in [4.78, 5) is 12.4. The lowest BCUT2D eigenvalue weighted by atomic mass is 9.66. The highest BCUT2D eigenvalue weighted by Gasteiger charge is 2.49. The molecule has 20 heavy (non-hydrogen) atoms. The second-order valence-electron chi connectivity index (χ2n) is 7.41. The van der Waals surface area contributed by atoms with E-state index in [4.69, 9.17) is 4.74 Å². The van der Waals surface area contributed by atoms with Crippen molar-refractivity contribution < 1.29 is 9.53 Å². The molecule has 3 aliphatic carbocycles. The van der Waals surface area contributed by atoms with Gasteiger partial charge in [-0.2, -0.15) is 0 Å². The standard InChI is InChI=1S/C17H29NO2/c1-20-15(19)17(18-14-6-2-3-7-14)12-10-16(11-13-17)8-4-5-9-16/h14,18H,2-13H2,1H3. The molecule has 0 aromatic carbocycles. The Hall–Kier alpha value is -0.570. The van der Waals surface area contributed by atoms with Crippen LogP contribution in [0.25, 0.3) is 0 Å². The summed E-state index contributed by atoms with van der Waals surface area (Å²) in [6.07, 6.45) is 15.0. The Bertz CT molecular complexity index is 344. The quantitative estimate of drug-likeness (QED) is 0.803. The molecule has 3 aliphatic rings. The second kappa shape index (κ2) is 5.67. The number of nitrogens with one attached hydrogen (secondary N) is 1. The highest BCUT2D eigenvalue weighted by molar-refractivity contribution is 5.81. The van der Waals surface area contributed by atoms with Crippen LogP contribution < -0.4 is 5.32 Å². The van der Waals surface area contributed by atoms with Crippen molar-refractivity contribution in [3.63, 3.8) is 0 Å². The number of esters is 1. The lowest BCUT2D eigenvalue weighted by Crippen LogP contribution is -2.58. The summed E-state index contributed by atoms with van der Waals surface area (Å²) in [5.41, 5.74) is 0.187. The van der Waals surface area contributed by atoms with Crippen molar-refractivity contribution in [2.24, 2.45) is 5.41 Å². The summed E-state index contributed by atoms with van der Waals surface area (Å²) in [7, 11) is 1.54. The Labute approximate surface area is 122 Å². The average molecular weight is 279 g/mol. The molecule has 3 fully saturated rings. The van der Waals surface area contributed by atoms with E-state index in [1.807, 2.05) is 0 Å². The van der Waals surface area contributed by atoms with Gasteiger partial charge in [-0.3, -0.25) is 10.1 Å². The van der Waals surface area contributed by atoms with Crippen LogP contribution in [0.1, 0.15) is 77.0 Å². The zero-order valence-corrected chi connectivity index (χ0v) is 12.9. The van der Waals surface area contributed by atoms with E-state index in [-0.39, 0.29) is 11.5 Å². The number of carbonyl (C=O) groups excluding carboxylic acids is 1. The van der Waals surface area contributed by atoms with Crippen molar-refractivity contribution in [3.8, 4) is 0 Å². The summed E-state index contributed by atoms with van der Waals surface area (Å²) < 4.78 is 5.15. The largest absolute Gasteiger partial charge is 0.468 e. The molecule has 114 valence electrons. The van der Waals surface area contributed by atoms with Crippen molar-refractivity contribution in [3.05, 3.63) is 0 Å². The Kier molecular flexibility index (Phi) is 4.07. The summed E-state index contributed by atoms with van der Waals surface area (Å²) >= 11 is 0. The molecule has 0 radical (unpaired) electrons. The molecule has 0 unspecified atom stereocenters. The molecule has 1 N–H and O–H groups in total. The lowest BCUT2D eigenvalue weighted by Gasteiger charge is -2.45. The van der Waals surface area contributed by atoms with E-state index < -0.39 is 0 Å².